The first-order valence-corrected chi connectivity index (χ1v) is 12.0. The first-order valence-electron chi connectivity index (χ1n) is 12.0. The summed E-state index contributed by atoms with van der Waals surface area (Å²) in [6.07, 6.45) is 3.27. The molecule has 0 radical (unpaired) electrons. The number of nitrogens with one attached hydrogen (secondary N) is 1. The van der Waals surface area contributed by atoms with E-state index in [1.807, 2.05) is 73.3 Å². The Hall–Kier alpha value is -4.00. The molecule has 0 bridgehead atoms. The molecular formula is C28H29N5O2. The summed E-state index contributed by atoms with van der Waals surface area (Å²) in [5.74, 6) is 0.136. The lowest BCUT2D eigenvalue weighted by Gasteiger charge is -2.32. The zero-order chi connectivity index (χ0) is 24.4. The van der Waals surface area contributed by atoms with Crippen molar-refractivity contribution in [1.29, 1.82) is 0 Å². The first kappa shape index (κ1) is 22.8. The molecule has 178 valence electrons. The third kappa shape index (κ3) is 4.80. The molecule has 1 fully saturated rings. The number of amides is 1. The molecule has 5 rings (SSSR count). The summed E-state index contributed by atoms with van der Waals surface area (Å²) in [6, 6.07) is 19.6. The van der Waals surface area contributed by atoms with E-state index in [0.717, 1.165) is 35.2 Å². The minimum atomic E-state index is -0.224. The summed E-state index contributed by atoms with van der Waals surface area (Å²) in [6.45, 7) is 5.59. The Morgan fingerprint density at radius 2 is 1.91 bits per heavy atom. The number of carbonyl (C=O) groups excluding carboxylic acids is 1. The third-order valence-electron chi connectivity index (χ3n) is 6.60. The van der Waals surface area contributed by atoms with Crippen LogP contribution in [0.4, 0.5) is 11.5 Å². The average molecular weight is 468 g/mol. The predicted molar refractivity (Wildman–Crippen MR) is 139 cm³/mol. The van der Waals surface area contributed by atoms with Crippen LogP contribution in [0.1, 0.15) is 29.5 Å². The minimum Gasteiger partial charge on any atom is -0.351 e. The Morgan fingerprint density at radius 1 is 1.09 bits per heavy atom. The molecule has 1 amide bonds. The number of benzene rings is 2. The smallest absolute Gasteiger partial charge is 0.295 e. The number of hydrogen-bond acceptors (Lipinski definition) is 5. The van der Waals surface area contributed by atoms with Gasteiger partial charge in [0.2, 0.25) is 5.91 Å². The molecule has 7 heteroatoms. The third-order valence-corrected chi connectivity index (χ3v) is 6.60. The van der Waals surface area contributed by atoms with Crippen LogP contribution in [0.5, 0.6) is 0 Å². The highest BCUT2D eigenvalue weighted by atomic mass is 16.2. The zero-order valence-electron chi connectivity index (χ0n) is 20.1. The summed E-state index contributed by atoms with van der Waals surface area (Å²) in [7, 11) is 0. The Bertz CT molecular complexity index is 1430. The van der Waals surface area contributed by atoms with Gasteiger partial charge in [-0.05, 0) is 56.0 Å². The molecule has 2 aromatic carbocycles. The van der Waals surface area contributed by atoms with Crippen LogP contribution >= 0.6 is 0 Å². The van der Waals surface area contributed by atoms with Gasteiger partial charge in [0.15, 0.2) is 11.5 Å². The molecule has 7 nitrogen and oxygen atoms in total. The Balaban J connectivity index is 1.44. The van der Waals surface area contributed by atoms with Crippen LogP contribution in [-0.2, 0) is 11.3 Å². The second kappa shape index (κ2) is 9.70. The molecule has 2 aromatic heterocycles. The van der Waals surface area contributed by atoms with Crippen molar-refractivity contribution in [3.63, 3.8) is 0 Å². The standard InChI is InChI=1S/C28H29N5O2/c1-19-12-13-23(20(2)16-19)31-27(34)22-10-7-15-32(18-22)26-28(35)33(17-21-8-4-3-5-9-21)25-24(30-26)11-6-14-29-25/h3-6,8-9,11-14,16,22H,7,10,15,17-18H2,1-2H3,(H,31,34). The number of aryl methyl sites for hydroxylation is 2. The fraction of sp³-hybridized carbons (Fsp3) is 0.286. The van der Waals surface area contributed by atoms with E-state index in [2.05, 4.69) is 16.4 Å². The lowest BCUT2D eigenvalue weighted by molar-refractivity contribution is -0.120. The highest BCUT2D eigenvalue weighted by molar-refractivity contribution is 5.93. The van der Waals surface area contributed by atoms with Crippen LogP contribution in [-0.4, -0.2) is 33.5 Å². The largest absolute Gasteiger partial charge is 0.351 e. The van der Waals surface area contributed by atoms with Crippen molar-refractivity contribution < 1.29 is 4.79 Å². The van der Waals surface area contributed by atoms with E-state index >= 15 is 0 Å². The van der Waals surface area contributed by atoms with Crippen LogP contribution < -0.4 is 15.8 Å². The van der Waals surface area contributed by atoms with Gasteiger partial charge in [-0.3, -0.25) is 14.2 Å². The molecule has 1 aliphatic heterocycles. The zero-order valence-corrected chi connectivity index (χ0v) is 20.1. The highest BCUT2D eigenvalue weighted by Crippen LogP contribution is 2.24. The number of rotatable bonds is 5. The van der Waals surface area contributed by atoms with Crippen molar-refractivity contribution in [3.05, 3.63) is 93.9 Å². The topological polar surface area (TPSA) is 80.1 Å². The van der Waals surface area contributed by atoms with Crippen LogP contribution in [0.15, 0.2) is 71.7 Å². The molecule has 1 saturated heterocycles. The average Bonchev–Trinajstić information content (AvgIpc) is 2.88. The molecule has 1 unspecified atom stereocenters. The molecule has 0 saturated carbocycles. The number of carbonyl (C=O) groups is 1. The SMILES string of the molecule is Cc1ccc(NC(=O)C2CCCN(c3nc4cccnc4n(Cc4ccccc4)c3=O)C2)c(C)c1. The predicted octanol–water partition coefficient (Wildman–Crippen LogP) is 4.31. The van der Waals surface area contributed by atoms with Gasteiger partial charge >= 0.3 is 0 Å². The number of pyridine rings is 1. The molecule has 35 heavy (non-hydrogen) atoms. The second-order valence-electron chi connectivity index (χ2n) is 9.25. The van der Waals surface area contributed by atoms with Crippen molar-refractivity contribution in [1.82, 2.24) is 14.5 Å². The van der Waals surface area contributed by atoms with Gasteiger partial charge in [-0.15, -0.1) is 0 Å². The maximum atomic E-state index is 13.6. The van der Waals surface area contributed by atoms with Gasteiger partial charge in [0.05, 0.1) is 12.5 Å². The lowest BCUT2D eigenvalue weighted by atomic mass is 9.96. The molecule has 1 aliphatic rings. The van der Waals surface area contributed by atoms with E-state index in [0.29, 0.717) is 36.6 Å². The van der Waals surface area contributed by atoms with Crippen LogP contribution in [0.25, 0.3) is 11.2 Å². The molecule has 1 N–H and O–H groups in total. The maximum Gasteiger partial charge on any atom is 0.295 e. The van der Waals surface area contributed by atoms with Gasteiger partial charge in [0, 0.05) is 25.0 Å². The Kier molecular flexibility index (Phi) is 6.31. The number of hydrogen-bond donors (Lipinski definition) is 1. The van der Waals surface area contributed by atoms with Crippen molar-refractivity contribution >= 4 is 28.6 Å². The normalized spacial score (nSPS) is 15.8. The van der Waals surface area contributed by atoms with Crippen LogP contribution in [0.2, 0.25) is 0 Å². The number of fused-ring (bicyclic) bond motifs is 1. The molecular weight excluding hydrogens is 438 g/mol. The van der Waals surface area contributed by atoms with Crippen molar-refractivity contribution in [3.8, 4) is 0 Å². The molecule has 3 heterocycles. The number of piperidine rings is 1. The van der Waals surface area contributed by atoms with Crippen molar-refractivity contribution in [2.75, 3.05) is 23.3 Å². The van der Waals surface area contributed by atoms with E-state index in [4.69, 9.17) is 4.98 Å². The van der Waals surface area contributed by atoms with Crippen LogP contribution in [0.3, 0.4) is 0 Å². The van der Waals surface area contributed by atoms with E-state index in [1.54, 1.807) is 10.8 Å². The summed E-state index contributed by atoms with van der Waals surface area (Å²) in [5, 5.41) is 3.09. The molecule has 0 spiro atoms. The van der Waals surface area contributed by atoms with Gasteiger partial charge in [0.25, 0.3) is 5.56 Å². The van der Waals surface area contributed by atoms with Crippen molar-refractivity contribution in [2.24, 2.45) is 5.92 Å². The van der Waals surface area contributed by atoms with Crippen molar-refractivity contribution in [2.45, 2.75) is 33.2 Å². The van der Waals surface area contributed by atoms with Gasteiger partial charge < -0.3 is 10.2 Å². The van der Waals surface area contributed by atoms with E-state index in [1.165, 1.54) is 0 Å². The van der Waals surface area contributed by atoms with Crippen LogP contribution in [0, 0.1) is 19.8 Å². The molecule has 4 aromatic rings. The Labute approximate surface area is 204 Å². The number of anilines is 2. The highest BCUT2D eigenvalue weighted by Gasteiger charge is 2.29. The van der Waals surface area contributed by atoms with E-state index < -0.39 is 0 Å². The summed E-state index contributed by atoms with van der Waals surface area (Å²) < 4.78 is 1.69. The number of nitrogens with zero attached hydrogens (tertiary/aromatic N) is 4. The minimum absolute atomic E-state index is 0.0197. The van der Waals surface area contributed by atoms with E-state index in [9.17, 15) is 9.59 Å². The summed E-state index contributed by atoms with van der Waals surface area (Å²) in [4.78, 5) is 37.9. The summed E-state index contributed by atoms with van der Waals surface area (Å²) >= 11 is 0. The lowest BCUT2D eigenvalue weighted by Crippen LogP contribution is -2.44. The fourth-order valence-corrected chi connectivity index (χ4v) is 4.75. The second-order valence-corrected chi connectivity index (χ2v) is 9.25. The molecule has 0 aliphatic carbocycles. The quantitative estimate of drug-likeness (QED) is 0.473. The molecule has 1 atom stereocenters. The van der Waals surface area contributed by atoms with Gasteiger partial charge in [-0.1, -0.05) is 48.0 Å². The van der Waals surface area contributed by atoms with Gasteiger partial charge in [0.1, 0.15) is 5.52 Å². The van der Waals surface area contributed by atoms with Gasteiger partial charge in [-0.2, -0.15) is 0 Å². The Morgan fingerprint density at radius 3 is 2.71 bits per heavy atom. The monoisotopic (exact) mass is 467 g/mol. The summed E-state index contributed by atoms with van der Waals surface area (Å²) in [5.41, 5.74) is 5.09. The fourth-order valence-electron chi connectivity index (χ4n) is 4.75. The number of aromatic nitrogens is 3. The maximum absolute atomic E-state index is 13.6. The van der Waals surface area contributed by atoms with E-state index in [-0.39, 0.29) is 17.4 Å². The first-order chi connectivity index (χ1) is 17.0. The van der Waals surface area contributed by atoms with Gasteiger partial charge in [-0.25, -0.2) is 9.97 Å².